The molecule has 2 aromatic heterocycles. The van der Waals surface area contributed by atoms with Crippen LogP contribution in [0.3, 0.4) is 0 Å². The van der Waals surface area contributed by atoms with Gasteiger partial charge in [0.05, 0.1) is 6.04 Å². The summed E-state index contributed by atoms with van der Waals surface area (Å²) in [5.74, 6) is 0. The van der Waals surface area contributed by atoms with Gasteiger partial charge in [-0.1, -0.05) is 12.1 Å². The fourth-order valence-corrected chi connectivity index (χ4v) is 3.74. The molecule has 0 aliphatic carbocycles. The SMILES string of the molecule is O=C(NCc1cccnc1)NCC(c1cccs1)N1CCCC1. The first-order chi connectivity index (χ1) is 11.3. The number of thiophene rings is 1. The Morgan fingerprint density at radius 3 is 2.83 bits per heavy atom. The first-order valence-electron chi connectivity index (χ1n) is 8.01. The van der Waals surface area contributed by atoms with Crippen molar-refractivity contribution in [1.29, 1.82) is 0 Å². The smallest absolute Gasteiger partial charge is 0.315 e. The van der Waals surface area contributed by atoms with Gasteiger partial charge in [0.1, 0.15) is 0 Å². The molecule has 0 bridgehead atoms. The second-order valence-corrected chi connectivity index (χ2v) is 6.68. The Bertz CT molecular complexity index is 596. The standard InChI is InChI=1S/C17H22N4OS/c22-17(19-12-14-5-3-7-18-11-14)20-13-15(16-6-4-10-23-16)21-8-1-2-9-21/h3-7,10-11,15H,1-2,8-9,12-13H2,(H2,19,20,22). The second kappa shape index (κ2) is 8.08. The van der Waals surface area contributed by atoms with Crippen LogP contribution in [0.25, 0.3) is 0 Å². The number of hydrogen-bond acceptors (Lipinski definition) is 4. The van der Waals surface area contributed by atoms with Crippen LogP contribution in [0.4, 0.5) is 4.79 Å². The molecule has 0 aromatic carbocycles. The van der Waals surface area contributed by atoms with Crippen molar-refractivity contribution in [3.63, 3.8) is 0 Å². The molecule has 1 fully saturated rings. The van der Waals surface area contributed by atoms with Gasteiger partial charge in [-0.25, -0.2) is 4.79 Å². The summed E-state index contributed by atoms with van der Waals surface area (Å²) < 4.78 is 0. The van der Waals surface area contributed by atoms with Crippen molar-refractivity contribution in [2.24, 2.45) is 0 Å². The molecule has 2 aromatic rings. The highest BCUT2D eigenvalue weighted by Gasteiger charge is 2.24. The third-order valence-electron chi connectivity index (χ3n) is 4.08. The molecule has 3 heterocycles. The molecule has 122 valence electrons. The maximum atomic E-state index is 12.0. The predicted molar refractivity (Wildman–Crippen MR) is 92.3 cm³/mol. The van der Waals surface area contributed by atoms with Gasteiger partial charge in [0, 0.05) is 30.4 Å². The van der Waals surface area contributed by atoms with E-state index in [1.54, 1.807) is 23.7 Å². The van der Waals surface area contributed by atoms with E-state index in [1.807, 2.05) is 12.1 Å². The molecule has 2 amide bonds. The van der Waals surface area contributed by atoms with Crippen molar-refractivity contribution in [2.45, 2.75) is 25.4 Å². The molecule has 0 radical (unpaired) electrons. The minimum Gasteiger partial charge on any atom is -0.336 e. The van der Waals surface area contributed by atoms with Crippen molar-refractivity contribution in [3.8, 4) is 0 Å². The molecule has 3 rings (SSSR count). The topological polar surface area (TPSA) is 57.3 Å². The molecule has 2 N–H and O–H groups in total. The Hall–Kier alpha value is -1.92. The number of aromatic nitrogens is 1. The van der Waals surface area contributed by atoms with Gasteiger partial charge in [0.2, 0.25) is 0 Å². The van der Waals surface area contributed by atoms with Gasteiger partial charge in [-0.15, -0.1) is 11.3 Å². The Kier molecular flexibility index (Phi) is 5.60. The van der Waals surface area contributed by atoms with E-state index in [1.165, 1.54) is 17.7 Å². The molecule has 1 atom stereocenters. The summed E-state index contributed by atoms with van der Waals surface area (Å²) in [4.78, 5) is 19.9. The first kappa shape index (κ1) is 16.0. The summed E-state index contributed by atoms with van der Waals surface area (Å²) in [5, 5.41) is 8.00. The molecule has 6 heteroatoms. The van der Waals surface area contributed by atoms with E-state index in [9.17, 15) is 4.79 Å². The van der Waals surface area contributed by atoms with Crippen LogP contribution in [0.2, 0.25) is 0 Å². The van der Waals surface area contributed by atoms with Crippen LogP contribution in [0.1, 0.15) is 29.3 Å². The van der Waals surface area contributed by atoms with Gasteiger partial charge in [0.15, 0.2) is 0 Å². The molecular formula is C17H22N4OS. The molecule has 1 aliphatic rings. The largest absolute Gasteiger partial charge is 0.336 e. The van der Waals surface area contributed by atoms with Crippen molar-refractivity contribution >= 4 is 17.4 Å². The zero-order valence-electron chi connectivity index (χ0n) is 13.1. The van der Waals surface area contributed by atoms with Crippen molar-refractivity contribution in [2.75, 3.05) is 19.6 Å². The molecule has 1 saturated heterocycles. The Balaban J connectivity index is 1.51. The normalized spacial score (nSPS) is 16.2. The van der Waals surface area contributed by atoms with Gasteiger partial charge in [-0.3, -0.25) is 9.88 Å². The van der Waals surface area contributed by atoms with E-state index in [0.29, 0.717) is 13.1 Å². The van der Waals surface area contributed by atoms with Gasteiger partial charge < -0.3 is 10.6 Å². The van der Waals surface area contributed by atoms with E-state index in [4.69, 9.17) is 0 Å². The van der Waals surface area contributed by atoms with Crippen LogP contribution < -0.4 is 10.6 Å². The summed E-state index contributed by atoms with van der Waals surface area (Å²) in [6.45, 7) is 3.36. The van der Waals surface area contributed by atoms with Crippen LogP contribution in [0, 0.1) is 0 Å². The maximum absolute atomic E-state index is 12.0. The molecule has 0 spiro atoms. The van der Waals surface area contributed by atoms with E-state index in [0.717, 1.165) is 18.7 Å². The second-order valence-electron chi connectivity index (χ2n) is 5.70. The quantitative estimate of drug-likeness (QED) is 0.856. The number of likely N-dealkylation sites (tertiary alicyclic amines) is 1. The Labute approximate surface area is 140 Å². The zero-order valence-corrected chi connectivity index (χ0v) is 13.9. The lowest BCUT2D eigenvalue weighted by molar-refractivity contribution is 0.222. The number of rotatable bonds is 6. The van der Waals surface area contributed by atoms with Crippen LogP contribution in [-0.4, -0.2) is 35.5 Å². The van der Waals surface area contributed by atoms with Crippen molar-refractivity contribution in [1.82, 2.24) is 20.5 Å². The molecule has 5 nitrogen and oxygen atoms in total. The van der Waals surface area contributed by atoms with Gasteiger partial charge in [-0.05, 0) is 49.0 Å². The molecule has 1 aliphatic heterocycles. The number of nitrogens with one attached hydrogen (secondary N) is 2. The molecule has 1 unspecified atom stereocenters. The lowest BCUT2D eigenvalue weighted by Gasteiger charge is -2.26. The maximum Gasteiger partial charge on any atom is 0.315 e. The molecule has 0 saturated carbocycles. The third kappa shape index (κ3) is 4.53. The number of urea groups is 1. The number of carbonyl (C=O) groups is 1. The number of carbonyl (C=O) groups excluding carboxylic acids is 1. The van der Waals surface area contributed by atoms with Gasteiger partial charge in [-0.2, -0.15) is 0 Å². The minimum absolute atomic E-state index is 0.130. The monoisotopic (exact) mass is 330 g/mol. The van der Waals surface area contributed by atoms with E-state index < -0.39 is 0 Å². The van der Waals surface area contributed by atoms with Crippen LogP contribution in [0.15, 0.2) is 42.0 Å². The summed E-state index contributed by atoms with van der Waals surface area (Å²) in [7, 11) is 0. The predicted octanol–water partition coefficient (Wildman–Crippen LogP) is 2.78. The zero-order chi connectivity index (χ0) is 15.9. The average Bonchev–Trinajstić information content (AvgIpc) is 3.28. The fourth-order valence-electron chi connectivity index (χ4n) is 2.88. The summed E-state index contributed by atoms with van der Waals surface area (Å²) in [5.41, 5.74) is 0.997. The van der Waals surface area contributed by atoms with E-state index in [2.05, 4.69) is 38.0 Å². The lowest BCUT2D eigenvalue weighted by atomic mass is 10.2. The summed E-state index contributed by atoms with van der Waals surface area (Å²) >= 11 is 1.76. The van der Waals surface area contributed by atoms with Crippen molar-refractivity contribution in [3.05, 3.63) is 52.5 Å². The van der Waals surface area contributed by atoms with Gasteiger partial charge in [0.25, 0.3) is 0 Å². The summed E-state index contributed by atoms with van der Waals surface area (Å²) in [6, 6.07) is 8.20. The van der Waals surface area contributed by atoms with Crippen LogP contribution in [0.5, 0.6) is 0 Å². The summed E-state index contributed by atoms with van der Waals surface area (Å²) in [6.07, 6.45) is 5.98. The minimum atomic E-state index is -0.130. The highest BCUT2D eigenvalue weighted by Crippen LogP contribution is 2.27. The van der Waals surface area contributed by atoms with E-state index in [-0.39, 0.29) is 12.1 Å². The molecular weight excluding hydrogens is 308 g/mol. The number of amides is 2. The molecule has 23 heavy (non-hydrogen) atoms. The van der Waals surface area contributed by atoms with Gasteiger partial charge >= 0.3 is 6.03 Å². The number of hydrogen-bond donors (Lipinski definition) is 2. The van der Waals surface area contributed by atoms with E-state index >= 15 is 0 Å². The fraction of sp³-hybridized carbons (Fsp3) is 0.412. The highest BCUT2D eigenvalue weighted by atomic mass is 32.1. The lowest BCUT2D eigenvalue weighted by Crippen LogP contribution is -2.41. The Morgan fingerprint density at radius 1 is 1.26 bits per heavy atom. The van der Waals surface area contributed by atoms with Crippen LogP contribution in [-0.2, 0) is 6.54 Å². The average molecular weight is 330 g/mol. The number of nitrogens with zero attached hydrogens (tertiary/aromatic N) is 2. The van der Waals surface area contributed by atoms with Crippen LogP contribution >= 0.6 is 11.3 Å². The number of pyridine rings is 1. The van der Waals surface area contributed by atoms with Crippen molar-refractivity contribution < 1.29 is 4.79 Å². The Morgan fingerprint density at radius 2 is 2.13 bits per heavy atom. The third-order valence-corrected chi connectivity index (χ3v) is 5.06. The highest BCUT2D eigenvalue weighted by molar-refractivity contribution is 7.10. The first-order valence-corrected chi connectivity index (χ1v) is 8.89.